The molecule has 0 aliphatic rings. The van der Waals surface area contributed by atoms with Crippen LogP contribution in [-0.2, 0) is 0 Å². The lowest BCUT2D eigenvalue weighted by molar-refractivity contribution is 0.564. The summed E-state index contributed by atoms with van der Waals surface area (Å²) in [6.07, 6.45) is 0. The molecule has 2 aromatic carbocycles. The number of fused-ring (bicyclic) bond motifs is 3. The minimum atomic E-state index is -0.347. The van der Waals surface area contributed by atoms with Crippen molar-refractivity contribution in [3.63, 3.8) is 0 Å². The molecule has 0 atom stereocenters. The molecule has 0 N–H and O–H groups in total. The van der Waals surface area contributed by atoms with E-state index in [0.29, 0.717) is 10.6 Å². The van der Waals surface area contributed by atoms with Gasteiger partial charge in [-0.15, -0.1) is 0 Å². The van der Waals surface area contributed by atoms with Gasteiger partial charge in [0.05, 0.1) is 0 Å². The van der Waals surface area contributed by atoms with Crippen molar-refractivity contribution in [3.05, 3.63) is 57.9 Å². The normalized spacial score (nSPS) is 11.1. The predicted octanol–water partition coefficient (Wildman–Crippen LogP) is 3.60. The van der Waals surface area contributed by atoms with Crippen LogP contribution in [0.3, 0.4) is 0 Å². The third-order valence-corrected chi connectivity index (χ3v) is 2.92. The van der Waals surface area contributed by atoms with E-state index in [0.717, 1.165) is 16.2 Å². The molecule has 0 spiro atoms. The van der Waals surface area contributed by atoms with Crippen molar-refractivity contribution in [3.8, 4) is 0 Å². The van der Waals surface area contributed by atoms with Crippen molar-refractivity contribution in [1.29, 1.82) is 0 Å². The molecule has 3 rings (SSSR count). The van der Waals surface area contributed by atoms with Gasteiger partial charge in [-0.25, -0.2) is 4.79 Å². The average Bonchev–Trinajstić information content (AvgIpc) is 2.29. The molecule has 0 unspecified atom stereocenters. The molecule has 3 heteroatoms. The molecule has 0 saturated carbocycles. The van der Waals surface area contributed by atoms with Gasteiger partial charge < -0.3 is 4.42 Å². The van der Waals surface area contributed by atoms with Crippen LogP contribution in [0.5, 0.6) is 0 Å². The molecule has 16 heavy (non-hydrogen) atoms. The van der Waals surface area contributed by atoms with Crippen LogP contribution in [0.15, 0.2) is 51.7 Å². The fraction of sp³-hybridized carbons (Fsp3) is 0. The molecule has 0 saturated heterocycles. The molecule has 0 radical (unpaired) electrons. The highest BCUT2D eigenvalue weighted by Gasteiger charge is 2.05. The van der Waals surface area contributed by atoms with E-state index in [2.05, 4.69) is 0 Å². The Labute approximate surface area is 96.1 Å². The van der Waals surface area contributed by atoms with Crippen LogP contribution in [0, 0.1) is 0 Å². The first-order valence-electron chi connectivity index (χ1n) is 4.87. The molecule has 78 valence electrons. The Morgan fingerprint density at radius 3 is 2.62 bits per heavy atom. The Balaban J connectivity index is 2.63. The van der Waals surface area contributed by atoms with Crippen molar-refractivity contribution >= 4 is 33.3 Å². The molecule has 0 fully saturated rings. The second kappa shape index (κ2) is 3.35. The Hall–Kier alpha value is -1.80. The molecule has 1 heterocycles. The van der Waals surface area contributed by atoms with Crippen LogP contribution in [0.4, 0.5) is 0 Å². The summed E-state index contributed by atoms with van der Waals surface area (Å²) in [5, 5.41) is 3.31. The van der Waals surface area contributed by atoms with Crippen molar-refractivity contribution in [2.75, 3.05) is 0 Å². The first-order chi connectivity index (χ1) is 7.75. The highest BCUT2D eigenvalue weighted by molar-refractivity contribution is 6.36. The Bertz CT molecular complexity index is 744. The van der Waals surface area contributed by atoms with Crippen molar-refractivity contribution < 1.29 is 4.42 Å². The summed E-state index contributed by atoms with van der Waals surface area (Å²) < 4.78 is 5.22. The quantitative estimate of drug-likeness (QED) is 0.436. The summed E-state index contributed by atoms with van der Waals surface area (Å²) in [4.78, 5) is 11.2. The lowest BCUT2D eigenvalue weighted by Gasteiger charge is -2.03. The van der Waals surface area contributed by atoms with Crippen LogP contribution in [-0.4, -0.2) is 0 Å². The summed E-state index contributed by atoms with van der Waals surface area (Å²) >= 11 is 6.08. The number of benzene rings is 2. The summed E-state index contributed by atoms with van der Waals surface area (Å²) in [7, 11) is 0. The monoisotopic (exact) mass is 230 g/mol. The van der Waals surface area contributed by atoms with Crippen LogP contribution in [0.2, 0.25) is 5.02 Å². The van der Waals surface area contributed by atoms with E-state index in [1.807, 2.05) is 30.3 Å². The minimum absolute atomic E-state index is 0.347. The molecule has 0 bridgehead atoms. The van der Waals surface area contributed by atoms with E-state index in [4.69, 9.17) is 16.0 Å². The lowest BCUT2D eigenvalue weighted by atomic mass is 10.1. The van der Waals surface area contributed by atoms with E-state index in [1.54, 1.807) is 6.07 Å². The van der Waals surface area contributed by atoms with Crippen LogP contribution in [0.25, 0.3) is 21.7 Å². The maximum atomic E-state index is 11.2. The zero-order chi connectivity index (χ0) is 11.1. The number of hydrogen-bond acceptors (Lipinski definition) is 2. The van der Waals surface area contributed by atoms with Crippen molar-refractivity contribution in [2.24, 2.45) is 0 Å². The lowest BCUT2D eigenvalue weighted by Crippen LogP contribution is -1.94. The first kappa shape index (κ1) is 9.43. The Kier molecular flexibility index (Phi) is 1.98. The molecular formula is C13H7ClO2. The third kappa shape index (κ3) is 1.31. The Morgan fingerprint density at radius 1 is 0.938 bits per heavy atom. The maximum absolute atomic E-state index is 11.2. The highest BCUT2D eigenvalue weighted by Crippen LogP contribution is 2.28. The molecule has 3 aromatic rings. The van der Waals surface area contributed by atoms with Gasteiger partial charge in [0.1, 0.15) is 5.58 Å². The van der Waals surface area contributed by atoms with E-state index >= 15 is 0 Å². The van der Waals surface area contributed by atoms with Crippen LogP contribution >= 0.6 is 11.6 Å². The SMILES string of the molecule is O=c1ccc2ccc3c(Cl)cccc3c2o1. The van der Waals surface area contributed by atoms with Gasteiger partial charge in [-0.1, -0.05) is 35.9 Å². The molecule has 2 nitrogen and oxygen atoms in total. The van der Waals surface area contributed by atoms with Gasteiger partial charge in [-0.05, 0) is 12.1 Å². The van der Waals surface area contributed by atoms with Gasteiger partial charge in [-0.2, -0.15) is 0 Å². The largest absolute Gasteiger partial charge is 0.422 e. The Morgan fingerprint density at radius 2 is 1.75 bits per heavy atom. The maximum Gasteiger partial charge on any atom is 0.336 e. The van der Waals surface area contributed by atoms with Gasteiger partial charge >= 0.3 is 5.63 Å². The van der Waals surface area contributed by atoms with Gasteiger partial charge in [0, 0.05) is 27.2 Å². The third-order valence-electron chi connectivity index (χ3n) is 2.59. The second-order valence-corrected chi connectivity index (χ2v) is 3.98. The molecule has 0 aliphatic carbocycles. The number of rotatable bonds is 0. The topological polar surface area (TPSA) is 30.2 Å². The zero-order valence-corrected chi connectivity index (χ0v) is 8.99. The van der Waals surface area contributed by atoms with Crippen LogP contribution in [0.1, 0.15) is 0 Å². The standard InChI is InChI=1S/C13H7ClO2/c14-11-3-1-2-10-9(11)6-4-8-5-7-12(15)16-13(8)10/h1-7H. The number of hydrogen-bond donors (Lipinski definition) is 0. The highest BCUT2D eigenvalue weighted by atomic mass is 35.5. The van der Waals surface area contributed by atoms with E-state index < -0.39 is 0 Å². The van der Waals surface area contributed by atoms with Gasteiger partial charge in [0.25, 0.3) is 0 Å². The van der Waals surface area contributed by atoms with Gasteiger partial charge in [0.15, 0.2) is 0 Å². The zero-order valence-electron chi connectivity index (χ0n) is 8.24. The van der Waals surface area contributed by atoms with E-state index in [-0.39, 0.29) is 5.63 Å². The summed E-state index contributed by atoms with van der Waals surface area (Å²) in [6.45, 7) is 0. The molecule has 0 aliphatic heterocycles. The smallest absolute Gasteiger partial charge is 0.336 e. The van der Waals surface area contributed by atoms with Crippen molar-refractivity contribution in [1.82, 2.24) is 0 Å². The van der Waals surface area contributed by atoms with Gasteiger partial charge in [0.2, 0.25) is 0 Å². The molecular weight excluding hydrogens is 224 g/mol. The summed E-state index contributed by atoms with van der Waals surface area (Å²) in [6, 6.07) is 12.5. The summed E-state index contributed by atoms with van der Waals surface area (Å²) in [5.41, 5.74) is 0.243. The first-order valence-corrected chi connectivity index (χ1v) is 5.24. The second-order valence-electron chi connectivity index (χ2n) is 3.57. The average molecular weight is 231 g/mol. The predicted molar refractivity (Wildman–Crippen MR) is 65.0 cm³/mol. The fourth-order valence-electron chi connectivity index (χ4n) is 1.85. The fourth-order valence-corrected chi connectivity index (χ4v) is 2.08. The minimum Gasteiger partial charge on any atom is -0.422 e. The van der Waals surface area contributed by atoms with E-state index in [9.17, 15) is 4.79 Å². The molecule has 0 amide bonds. The van der Waals surface area contributed by atoms with Crippen LogP contribution < -0.4 is 5.63 Å². The number of halogens is 1. The molecule has 1 aromatic heterocycles. The van der Waals surface area contributed by atoms with Gasteiger partial charge in [-0.3, -0.25) is 0 Å². The van der Waals surface area contributed by atoms with Crippen molar-refractivity contribution in [2.45, 2.75) is 0 Å². The summed E-state index contributed by atoms with van der Waals surface area (Å²) in [5.74, 6) is 0. The van der Waals surface area contributed by atoms with E-state index in [1.165, 1.54) is 6.07 Å².